The van der Waals surface area contributed by atoms with Crippen molar-refractivity contribution < 1.29 is 9.31 Å². The van der Waals surface area contributed by atoms with Crippen LogP contribution >= 0.6 is 11.6 Å². The molecule has 0 aliphatic carbocycles. The first-order valence-electron chi connectivity index (χ1n) is 6.44. The Kier molecular flexibility index (Phi) is 5.25. The summed E-state index contributed by atoms with van der Waals surface area (Å²) < 4.78 is 13.0. The SMILES string of the molecule is O=[N+]([O-])c1ccc(CCNCc2ccc(F)c(Cl)c2)cc1. The van der Waals surface area contributed by atoms with Gasteiger partial charge in [-0.05, 0) is 36.2 Å². The first kappa shape index (κ1) is 15.4. The van der Waals surface area contributed by atoms with Crippen molar-refractivity contribution in [1.82, 2.24) is 5.32 Å². The van der Waals surface area contributed by atoms with Crippen LogP contribution in [0, 0.1) is 15.9 Å². The van der Waals surface area contributed by atoms with Gasteiger partial charge in [0.15, 0.2) is 0 Å². The van der Waals surface area contributed by atoms with Gasteiger partial charge >= 0.3 is 0 Å². The summed E-state index contributed by atoms with van der Waals surface area (Å²) in [5, 5.41) is 13.9. The number of hydrogen-bond donors (Lipinski definition) is 1. The van der Waals surface area contributed by atoms with Gasteiger partial charge in [0.25, 0.3) is 5.69 Å². The lowest BCUT2D eigenvalue weighted by Crippen LogP contribution is -2.16. The Morgan fingerprint density at radius 2 is 1.81 bits per heavy atom. The molecule has 0 aliphatic heterocycles. The van der Waals surface area contributed by atoms with Crippen LogP contribution in [-0.4, -0.2) is 11.5 Å². The van der Waals surface area contributed by atoms with E-state index in [9.17, 15) is 14.5 Å². The van der Waals surface area contributed by atoms with Crippen molar-refractivity contribution in [3.8, 4) is 0 Å². The van der Waals surface area contributed by atoms with Crippen molar-refractivity contribution in [2.45, 2.75) is 13.0 Å². The molecule has 6 heteroatoms. The van der Waals surface area contributed by atoms with Gasteiger partial charge in [-0.25, -0.2) is 4.39 Å². The minimum absolute atomic E-state index is 0.0904. The second-order valence-corrected chi connectivity index (χ2v) is 5.01. The van der Waals surface area contributed by atoms with E-state index in [4.69, 9.17) is 11.6 Å². The van der Waals surface area contributed by atoms with Crippen LogP contribution in [0.15, 0.2) is 42.5 Å². The number of rotatable bonds is 6. The van der Waals surface area contributed by atoms with E-state index in [1.54, 1.807) is 24.3 Å². The van der Waals surface area contributed by atoms with E-state index in [0.29, 0.717) is 13.1 Å². The highest BCUT2D eigenvalue weighted by atomic mass is 35.5. The van der Waals surface area contributed by atoms with Crippen LogP contribution in [0.5, 0.6) is 0 Å². The quantitative estimate of drug-likeness (QED) is 0.503. The number of nitrogens with zero attached hydrogens (tertiary/aromatic N) is 1. The van der Waals surface area contributed by atoms with Crippen molar-refractivity contribution >= 4 is 17.3 Å². The first-order valence-corrected chi connectivity index (χ1v) is 6.82. The molecule has 0 aromatic heterocycles. The molecule has 0 bridgehead atoms. The third-order valence-electron chi connectivity index (χ3n) is 3.05. The van der Waals surface area contributed by atoms with E-state index in [1.165, 1.54) is 18.2 Å². The van der Waals surface area contributed by atoms with Crippen molar-refractivity contribution in [2.24, 2.45) is 0 Å². The lowest BCUT2D eigenvalue weighted by atomic mass is 10.1. The lowest BCUT2D eigenvalue weighted by Gasteiger charge is -2.06. The van der Waals surface area contributed by atoms with Crippen LogP contribution in [0.2, 0.25) is 5.02 Å². The van der Waals surface area contributed by atoms with E-state index in [1.807, 2.05) is 0 Å². The van der Waals surface area contributed by atoms with Gasteiger partial charge in [0.05, 0.1) is 9.95 Å². The fourth-order valence-corrected chi connectivity index (χ4v) is 2.10. The molecule has 0 saturated carbocycles. The maximum absolute atomic E-state index is 13.0. The normalized spacial score (nSPS) is 10.6. The summed E-state index contributed by atoms with van der Waals surface area (Å²) >= 11 is 5.71. The minimum atomic E-state index is -0.425. The Balaban J connectivity index is 1.79. The molecule has 110 valence electrons. The molecule has 2 rings (SSSR count). The molecule has 0 atom stereocenters. The number of halogens is 2. The average molecular weight is 309 g/mol. The summed E-state index contributed by atoms with van der Waals surface area (Å²) in [6, 6.07) is 11.1. The topological polar surface area (TPSA) is 55.2 Å². The summed E-state index contributed by atoms with van der Waals surface area (Å²) in [4.78, 5) is 10.1. The van der Waals surface area contributed by atoms with Gasteiger partial charge in [-0.3, -0.25) is 10.1 Å². The molecule has 0 radical (unpaired) electrons. The van der Waals surface area contributed by atoms with Crippen LogP contribution in [0.4, 0.5) is 10.1 Å². The fourth-order valence-electron chi connectivity index (χ4n) is 1.90. The van der Waals surface area contributed by atoms with E-state index in [0.717, 1.165) is 17.5 Å². The Hall–Kier alpha value is -1.98. The zero-order valence-corrected chi connectivity index (χ0v) is 11.9. The van der Waals surface area contributed by atoms with Crippen LogP contribution in [-0.2, 0) is 13.0 Å². The van der Waals surface area contributed by atoms with Crippen LogP contribution < -0.4 is 5.32 Å². The average Bonchev–Trinajstić information content (AvgIpc) is 2.47. The molecule has 0 amide bonds. The lowest BCUT2D eigenvalue weighted by molar-refractivity contribution is -0.384. The number of benzene rings is 2. The van der Waals surface area contributed by atoms with E-state index in [-0.39, 0.29) is 10.7 Å². The number of nitro groups is 1. The summed E-state index contributed by atoms with van der Waals surface area (Å²) in [5.41, 5.74) is 2.02. The molecule has 0 spiro atoms. The van der Waals surface area contributed by atoms with Crippen molar-refractivity contribution in [2.75, 3.05) is 6.54 Å². The Morgan fingerprint density at radius 3 is 2.43 bits per heavy atom. The van der Waals surface area contributed by atoms with Gasteiger partial charge in [-0.15, -0.1) is 0 Å². The predicted octanol–water partition coefficient (Wildman–Crippen LogP) is 3.72. The van der Waals surface area contributed by atoms with E-state index in [2.05, 4.69) is 5.32 Å². The molecular formula is C15H14ClFN2O2. The summed E-state index contributed by atoms with van der Waals surface area (Å²) in [6.07, 6.45) is 0.757. The van der Waals surface area contributed by atoms with Gasteiger partial charge in [-0.2, -0.15) is 0 Å². The van der Waals surface area contributed by atoms with Crippen LogP contribution in [0.3, 0.4) is 0 Å². The first-order chi connectivity index (χ1) is 10.1. The Labute approximate surface area is 126 Å². The molecule has 0 unspecified atom stereocenters. The number of hydrogen-bond acceptors (Lipinski definition) is 3. The third-order valence-corrected chi connectivity index (χ3v) is 3.34. The third kappa shape index (κ3) is 4.51. The maximum Gasteiger partial charge on any atom is 0.269 e. The largest absolute Gasteiger partial charge is 0.312 e. The number of nitrogens with one attached hydrogen (secondary N) is 1. The molecule has 4 nitrogen and oxygen atoms in total. The highest BCUT2D eigenvalue weighted by Gasteiger charge is 2.04. The maximum atomic E-state index is 13.0. The molecule has 0 fully saturated rings. The minimum Gasteiger partial charge on any atom is -0.312 e. The zero-order valence-electron chi connectivity index (χ0n) is 11.2. The van der Waals surface area contributed by atoms with Gasteiger partial charge in [0, 0.05) is 18.7 Å². The molecule has 21 heavy (non-hydrogen) atoms. The Morgan fingerprint density at radius 1 is 1.14 bits per heavy atom. The van der Waals surface area contributed by atoms with E-state index >= 15 is 0 Å². The van der Waals surface area contributed by atoms with Gasteiger partial charge < -0.3 is 5.32 Å². The second kappa shape index (κ2) is 7.15. The monoisotopic (exact) mass is 308 g/mol. The van der Waals surface area contributed by atoms with Crippen LogP contribution in [0.25, 0.3) is 0 Å². The summed E-state index contributed by atoms with van der Waals surface area (Å²) in [6.45, 7) is 1.31. The zero-order chi connectivity index (χ0) is 15.2. The highest BCUT2D eigenvalue weighted by Crippen LogP contribution is 2.16. The number of non-ortho nitro benzene ring substituents is 1. The smallest absolute Gasteiger partial charge is 0.269 e. The summed E-state index contributed by atoms with van der Waals surface area (Å²) in [5.74, 6) is -0.425. The molecule has 0 heterocycles. The van der Waals surface area contributed by atoms with Crippen molar-refractivity contribution in [3.05, 3.63) is 74.5 Å². The van der Waals surface area contributed by atoms with E-state index < -0.39 is 10.7 Å². The van der Waals surface area contributed by atoms with Gasteiger partial charge in [-0.1, -0.05) is 29.8 Å². The van der Waals surface area contributed by atoms with Gasteiger partial charge in [0.2, 0.25) is 0 Å². The molecule has 1 N–H and O–H groups in total. The summed E-state index contributed by atoms with van der Waals surface area (Å²) in [7, 11) is 0. The molecular weight excluding hydrogens is 295 g/mol. The predicted molar refractivity (Wildman–Crippen MR) is 79.9 cm³/mol. The molecule has 2 aromatic carbocycles. The Bertz CT molecular complexity index is 632. The fraction of sp³-hybridized carbons (Fsp3) is 0.200. The standard InChI is InChI=1S/C15H14ClFN2O2/c16-14-9-12(3-6-15(14)17)10-18-8-7-11-1-4-13(5-2-11)19(20)21/h1-6,9,18H,7-8,10H2. The molecule has 0 aliphatic rings. The molecule has 2 aromatic rings. The van der Waals surface area contributed by atoms with Crippen molar-refractivity contribution in [1.29, 1.82) is 0 Å². The van der Waals surface area contributed by atoms with Crippen LogP contribution in [0.1, 0.15) is 11.1 Å². The van der Waals surface area contributed by atoms with Crippen molar-refractivity contribution in [3.63, 3.8) is 0 Å². The number of nitro benzene ring substituents is 1. The van der Waals surface area contributed by atoms with Gasteiger partial charge in [0.1, 0.15) is 5.82 Å². The highest BCUT2D eigenvalue weighted by molar-refractivity contribution is 6.30. The second-order valence-electron chi connectivity index (χ2n) is 4.60. The molecule has 0 saturated heterocycles.